The molecule has 0 spiro atoms. The van der Waals surface area contributed by atoms with Gasteiger partial charge in [-0.1, -0.05) is 18.2 Å². The predicted octanol–water partition coefficient (Wildman–Crippen LogP) is 2.76. The molecule has 0 heterocycles. The SMILES string of the molecule is C[C@@H](NC(=O)C1CC1)c1ccc2c(c1)CCC2. The Balaban J connectivity index is 1.72. The predicted molar refractivity (Wildman–Crippen MR) is 67.7 cm³/mol. The highest BCUT2D eigenvalue weighted by Crippen LogP contribution is 2.30. The van der Waals surface area contributed by atoms with Crippen LogP contribution in [0.1, 0.15) is 48.9 Å². The van der Waals surface area contributed by atoms with E-state index in [2.05, 4.69) is 30.4 Å². The zero-order valence-electron chi connectivity index (χ0n) is 10.3. The van der Waals surface area contributed by atoms with Crippen LogP contribution in [0.4, 0.5) is 0 Å². The van der Waals surface area contributed by atoms with Gasteiger partial charge in [-0.15, -0.1) is 0 Å². The Morgan fingerprint density at radius 3 is 2.82 bits per heavy atom. The van der Waals surface area contributed by atoms with E-state index in [1.54, 1.807) is 0 Å². The minimum Gasteiger partial charge on any atom is -0.349 e. The van der Waals surface area contributed by atoms with Gasteiger partial charge in [-0.25, -0.2) is 0 Å². The van der Waals surface area contributed by atoms with Gasteiger partial charge in [0.05, 0.1) is 6.04 Å². The first-order valence-electron chi connectivity index (χ1n) is 6.66. The monoisotopic (exact) mass is 229 g/mol. The van der Waals surface area contributed by atoms with E-state index in [-0.39, 0.29) is 11.9 Å². The smallest absolute Gasteiger partial charge is 0.223 e. The molecule has 0 bridgehead atoms. The van der Waals surface area contributed by atoms with Crippen LogP contribution in [0.2, 0.25) is 0 Å². The summed E-state index contributed by atoms with van der Waals surface area (Å²) >= 11 is 0. The van der Waals surface area contributed by atoms with Gasteiger partial charge in [0.2, 0.25) is 5.91 Å². The topological polar surface area (TPSA) is 29.1 Å². The molecule has 3 rings (SSSR count). The molecule has 1 aromatic rings. The quantitative estimate of drug-likeness (QED) is 0.848. The number of carbonyl (C=O) groups excluding carboxylic acids is 1. The number of amides is 1. The van der Waals surface area contributed by atoms with Crippen molar-refractivity contribution in [3.63, 3.8) is 0 Å². The number of hydrogen-bond acceptors (Lipinski definition) is 1. The fourth-order valence-corrected chi connectivity index (χ4v) is 2.62. The van der Waals surface area contributed by atoms with Crippen molar-refractivity contribution in [1.82, 2.24) is 5.32 Å². The summed E-state index contributed by atoms with van der Waals surface area (Å²) in [7, 11) is 0. The van der Waals surface area contributed by atoms with Crippen molar-refractivity contribution in [2.75, 3.05) is 0 Å². The molecule has 1 aromatic carbocycles. The molecule has 0 aliphatic heterocycles. The van der Waals surface area contributed by atoms with Gasteiger partial charge in [0.25, 0.3) is 0 Å². The molecule has 0 aromatic heterocycles. The second-order valence-electron chi connectivity index (χ2n) is 5.39. The third-order valence-corrected chi connectivity index (χ3v) is 3.93. The molecule has 1 atom stereocenters. The van der Waals surface area contributed by atoms with Crippen LogP contribution in [0.5, 0.6) is 0 Å². The van der Waals surface area contributed by atoms with Gasteiger partial charge < -0.3 is 5.32 Å². The van der Waals surface area contributed by atoms with Crippen molar-refractivity contribution in [3.8, 4) is 0 Å². The molecular formula is C15H19NO. The summed E-state index contributed by atoms with van der Waals surface area (Å²) in [6.07, 6.45) is 5.85. The average molecular weight is 229 g/mol. The van der Waals surface area contributed by atoms with Gasteiger partial charge in [-0.05, 0) is 55.7 Å². The summed E-state index contributed by atoms with van der Waals surface area (Å²) in [6, 6.07) is 6.83. The molecule has 2 aliphatic rings. The van der Waals surface area contributed by atoms with Crippen molar-refractivity contribution in [2.45, 2.75) is 45.1 Å². The van der Waals surface area contributed by atoms with Gasteiger partial charge in [-0.2, -0.15) is 0 Å². The highest BCUT2D eigenvalue weighted by atomic mass is 16.2. The second kappa shape index (κ2) is 4.17. The minimum atomic E-state index is 0.147. The Morgan fingerprint density at radius 2 is 2.06 bits per heavy atom. The van der Waals surface area contributed by atoms with E-state index in [4.69, 9.17) is 0 Å². The largest absolute Gasteiger partial charge is 0.349 e. The third-order valence-electron chi connectivity index (χ3n) is 3.93. The Labute approximate surface area is 102 Å². The summed E-state index contributed by atoms with van der Waals surface area (Å²) in [5, 5.41) is 3.11. The second-order valence-corrected chi connectivity index (χ2v) is 5.39. The maximum Gasteiger partial charge on any atom is 0.223 e. The molecule has 0 radical (unpaired) electrons. The first-order chi connectivity index (χ1) is 8.24. The van der Waals surface area contributed by atoms with Crippen LogP contribution in [0.25, 0.3) is 0 Å². The first kappa shape index (κ1) is 10.8. The summed E-state index contributed by atoms with van der Waals surface area (Å²) in [6.45, 7) is 2.08. The third kappa shape index (κ3) is 2.21. The van der Waals surface area contributed by atoms with E-state index < -0.39 is 0 Å². The molecule has 2 aliphatic carbocycles. The van der Waals surface area contributed by atoms with Gasteiger partial charge >= 0.3 is 0 Å². The molecule has 90 valence electrons. The minimum absolute atomic E-state index is 0.147. The molecule has 2 nitrogen and oxygen atoms in total. The molecular weight excluding hydrogens is 210 g/mol. The van der Waals surface area contributed by atoms with Crippen LogP contribution < -0.4 is 5.32 Å². The van der Waals surface area contributed by atoms with E-state index in [1.165, 1.54) is 36.0 Å². The summed E-state index contributed by atoms with van der Waals surface area (Å²) in [5.74, 6) is 0.532. The lowest BCUT2D eigenvalue weighted by Gasteiger charge is -2.15. The summed E-state index contributed by atoms with van der Waals surface area (Å²) in [5.41, 5.74) is 4.23. The fraction of sp³-hybridized carbons (Fsp3) is 0.533. The number of rotatable bonds is 3. The van der Waals surface area contributed by atoms with Crippen LogP contribution in [-0.4, -0.2) is 5.91 Å². The number of hydrogen-bond donors (Lipinski definition) is 1. The molecule has 1 saturated carbocycles. The van der Waals surface area contributed by atoms with Crippen molar-refractivity contribution in [1.29, 1.82) is 0 Å². The summed E-state index contributed by atoms with van der Waals surface area (Å²) < 4.78 is 0. The number of benzene rings is 1. The maximum absolute atomic E-state index is 11.7. The van der Waals surface area contributed by atoms with Gasteiger partial charge in [-0.3, -0.25) is 4.79 Å². The molecule has 0 unspecified atom stereocenters. The average Bonchev–Trinajstić information content (AvgIpc) is 3.07. The van der Waals surface area contributed by atoms with Crippen molar-refractivity contribution < 1.29 is 4.79 Å². The number of fused-ring (bicyclic) bond motifs is 1. The lowest BCUT2D eigenvalue weighted by molar-refractivity contribution is -0.122. The van der Waals surface area contributed by atoms with Crippen LogP contribution in [0.15, 0.2) is 18.2 Å². The summed E-state index contributed by atoms with van der Waals surface area (Å²) in [4.78, 5) is 11.7. The van der Waals surface area contributed by atoms with Crippen molar-refractivity contribution in [2.24, 2.45) is 5.92 Å². The van der Waals surface area contributed by atoms with E-state index in [0.717, 1.165) is 12.8 Å². The Hall–Kier alpha value is -1.31. The highest BCUT2D eigenvalue weighted by Gasteiger charge is 2.30. The first-order valence-corrected chi connectivity index (χ1v) is 6.66. The van der Waals surface area contributed by atoms with Gasteiger partial charge in [0.15, 0.2) is 0 Å². The zero-order valence-corrected chi connectivity index (χ0v) is 10.3. The normalized spacial score (nSPS) is 19.8. The van der Waals surface area contributed by atoms with Crippen LogP contribution in [0.3, 0.4) is 0 Å². The lowest BCUT2D eigenvalue weighted by Crippen LogP contribution is -2.27. The van der Waals surface area contributed by atoms with Crippen molar-refractivity contribution >= 4 is 5.91 Å². The molecule has 1 amide bonds. The molecule has 17 heavy (non-hydrogen) atoms. The maximum atomic E-state index is 11.7. The molecule has 1 fully saturated rings. The molecule has 2 heteroatoms. The van der Waals surface area contributed by atoms with Crippen LogP contribution in [-0.2, 0) is 17.6 Å². The molecule has 0 saturated heterocycles. The number of aryl methyl sites for hydroxylation is 2. The Bertz CT molecular complexity index is 448. The Kier molecular flexibility index (Phi) is 2.65. The van der Waals surface area contributed by atoms with E-state index in [1.807, 2.05) is 0 Å². The number of nitrogens with one attached hydrogen (secondary N) is 1. The highest BCUT2D eigenvalue weighted by molar-refractivity contribution is 5.81. The van der Waals surface area contributed by atoms with Crippen LogP contribution in [0, 0.1) is 5.92 Å². The van der Waals surface area contributed by atoms with E-state index in [0.29, 0.717) is 5.92 Å². The van der Waals surface area contributed by atoms with E-state index in [9.17, 15) is 4.79 Å². The molecule has 1 N–H and O–H groups in total. The van der Waals surface area contributed by atoms with Crippen molar-refractivity contribution in [3.05, 3.63) is 34.9 Å². The van der Waals surface area contributed by atoms with E-state index >= 15 is 0 Å². The van der Waals surface area contributed by atoms with Gasteiger partial charge in [0.1, 0.15) is 0 Å². The van der Waals surface area contributed by atoms with Gasteiger partial charge in [0, 0.05) is 5.92 Å². The zero-order chi connectivity index (χ0) is 11.8. The standard InChI is InChI=1S/C15H19NO/c1-10(16-15(17)12-6-7-12)13-8-5-11-3-2-4-14(11)9-13/h5,8-10,12H,2-4,6-7H2,1H3,(H,16,17)/t10-/m1/s1. The Morgan fingerprint density at radius 1 is 1.29 bits per heavy atom. The lowest BCUT2D eigenvalue weighted by atomic mass is 10.0. The fourth-order valence-electron chi connectivity index (χ4n) is 2.62. The number of carbonyl (C=O) groups is 1. The van der Waals surface area contributed by atoms with Crippen LogP contribution >= 0.6 is 0 Å².